The van der Waals surface area contributed by atoms with E-state index in [4.69, 9.17) is 0 Å². The molecule has 0 saturated carbocycles. The van der Waals surface area contributed by atoms with E-state index in [0.717, 1.165) is 17.1 Å². The number of hydrogen-bond acceptors (Lipinski definition) is 2. The average Bonchev–Trinajstić information content (AvgIpc) is 3.55. The summed E-state index contributed by atoms with van der Waals surface area (Å²) in [6, 6.07) is 68.2. The Bertz CT molecular complexity index is 2690. The Morgan fingerprint density at radius 1 is 0.373 bits per heavy atom. The number of anilines is 2. The van der Waals surface area contributed by atoms with Gasteiger partial charge in [0, 0.05) is 16.5 Å². The average molecular weight is 654 g/mol. The Morgan fingerprint density at radius 3 is 1.69 bits per heavy atom. The van der Waals surface area contributed by atoms with Crippen molar-refractivity contribution in [2.24, 2.45) is 0 Å². The summed E-state index contributed by atoms with van der Waals surface area (Å²) in [5.41, 5.74) is 13.1. The van der Waals surface area contributed by atoms with Gasteiger partial charge in [-0.05, 0) is 80.6 Å². The van der Waals surface area contributed by atoms with Gasteiger partial charge in [0.1, 0.15) is 0 Å². The molecule has 0 fully saturated rings. The molecule has 9 aromatic rings. The lowest BCUT2D eigenvalue weighted by Crippen LogP contribution is -2.30. The lowest BCUT2D eigenvalue weighted by molar-refractivity contribution is 0.636. The SMILES string of the molecule is c1ccc(-c2ccc3c4c5ccccc5c(-c5ccccc5)cc4n(-c4cccc(C5Nc6ccccc6NC5c5ccccc5)c4)c3c2)cc1. The van der Waals surface area contributed by atoms with Crippen molar-refractivity contribution in [3.63, 3.8) is 0 Å². The first-order valence-electron chi connectivity index (χ1n) is 17.7. The van der Waals surface area contributed by atoms with Gasteiger partial charge >= 0.3 is 0 Å². The van der Waals surface area contributed by atoms with E-state index >= 15 is 0 Å². The van der Waals surface area contributed by atoms with Crippen LogP contribution >= 0.6 is 0 Å². The van der Waals surface area contributed by atoms with Gasteiger partial charge in [-0.3, -0.25) is 0 Å². The minimum Gasteiger partial charge on any atom is -0.374 e. The van der Waals surface area contributed by atoms with Crippen molar-refractivity contribution in [3.8, 4) is 27.9 Å². The molecule has 1 aliphatic heterocycles. The maximum absolute atomic E-state index is 3.92. The zero-order valence-electron chi connectivity index (χ0n) is 28.0. The molecule has 2 heterocycles. The number of nitrogens with zero attached hydrogens (tertiary/aromatic N) is 1. The van der Waals surface area contributed by atoms with Crippen LogP contribution in [0.3, 0.4) is 0 Å². The van der Waals surface area contributed by atoms with Crippen molar-refractivity contribution < 1.29 is 0 Å². The van der Waals surface area contributed by atoms with Gasteiger partial charge in [0.25, 0.3) is 0 Å². The van der Waals surface area contributed by atoms with E-state index in [1.54, 1.807) is 0 Å². The predicted molar refractivity (Wildman–Crippen MR) is 215 cm³/mol. The molecule has 2 N–H and O–H groups in total. The number of rotatable bonds is 5. The largest absolute Gasteiger partial charge is 0.374 e. The molecule has 0 bridgehead atoms. The number of fused-ring (bicyclic) bond motifs is 6. The van der Waals surface area contributed by atoms with E-state index in [2.05, 4.69) is 203 Å². The third-order valence-corrected chi connectivity index (χ3v) is 10.5. The zero-order chi connectivity index (χ0) is 33.7. The van der Waals surface area contributed by atoms with Crippen LogP contribution in [0, 0.1) is 0 Å². The summed E-state index contributed by atoms with van der Waals surface area (Å²) in [5, 5.41) is 12.9. The van der Waals surface area contributed by atoms with Crippen LogP contribution in [-0.4, -0.2) is 4.57 Å². The predicted octanol–water partition coefficient (Wildman–Crippen LogP) is 12.6. The van der Waals surface area contributed by atoms with Gasteiger partial charge in [0.2, 0.25) is 0 Å². The Morgan fingerprint density at radius 2 is 0.961 bits per heavy atom. The molecule has 242 valence electrons. The molecule has 0 radical (unpaired) electrons. The minimum atomic E-state index is 0.0101. The lowest BCUT2D eigenvalue weighted by atomic mass is 9.90. The van der Waals surface area contributed by atoms with Gasteiger partial charge in [-0.2, -0.15) is 0 Å². The molecule has 3 heteroatoms. The highest BCUT2D eigenvalue weighted by atomic mass is 15.1. The highest BCUT2D eigenvalue weighted by Crippen LogP contribution is 2.45. The van der Waals surface area contributed by atoms with Crippen LogP contribution < -0.4 is 10.6 Å². The summed E-state index contributed by atoms with van der Waals surface area (Å²) >= 11 is 0. The van der Waals surface area contributed by atoms with Crippen molar-refractivity contribution in [1.29, 1.82) is 0 Å². The Labute approximate surface area is 297 Å². The summed E-state index contributed by atoms with van der Waals surface area (Å²) < 4.78 is 2.49. The monoisotopic (exact) mass is 653 g/mol. The second-order valence-electron chi connectivity index (χ2n) is 13.5. The molecular weight excluding hydrogens is 619 g/mol. The summed E-state index contributed by atoms with van der Waals surface area (Å²) in [7, 11) is 0. The fourth-order valence-corrected chi connectivity index (χ4v) is 8.13. The van der Waals surface area contributed by atoms with Gasteiger partial charge in [-0.15, -0.1) is 0 Å². The first kappa shape index (κ1) is 29.3. The van der Waals surface area contributed by atoms with E-state index in [0.29, 0.717) is 0 Å². The molecule has 0 saturated heterocycles. The van der Waals surface area contributed by atoms with Crippen molar-refractivity contribution in [2.45, 2.75) is 12.1 Å². The van der Waals surface area contributed by atoms with Crippen molar-refractivity contribution in [1.82, 2.24) is 4.57 Å². The van der Waals surface area contributed by atoms with Crippen LogP contribution in [0.4, 0.5) is 11.4 Å². The van der Waals surface area contributed by atoms with Crippen molar-refractivity contribution in [2.75, 3.05) is 10.6 Å². The van der Waals surface area contributed by atoms with Gasteiger partial charge in [-0.1, -0.05) is 152 Å². The number of nitrogens with one attached hydrogen (secondary N) is 2. The third-order valence-electron chi connectivity index (χ3n) is 10.5. The second-order valence-corrected chi connectivity index (χ2v) is 13.5. The van der Waals surface area contributed by atoms with E-state index < -0.39 is 0 Å². The molecule has 0 spiro atoms. The molecule has 1 aliphatic rings. The number of para-hydroxylation sites is 2. The Kier molecular flexibility index (Phi) is 6.95. The first-order chi connectivity index (χ1) is 25.3. The van der Waals surface area contributed by atoms with Crippen LogP contribution in [0.15, 0.2) is 188 Å². The fourth-order valence-electron chi connectivity index (χ4n) is 8.13. The van der Waals surface area contributed by atoms with Crippen molar-refractivity contribution >= 4 is 44.0 Å². The molecule has 0 amide bonds. The van der Waals surface area contributed by atoms with Gasteiger partial charge in [0.05, 0.1) is 34.5 Å². The van der Waals surface area contributed by atoms with E-state index in [9.17, 15) is 0 Å². The maximum atomic E-state index is 3.92. The lowest BCUT2D eigenvalue weighted by Gasteiger charge is -2.37. The molecule has 2 atom stereocenters. The van der Waals surface area contributed by atoms with Crippen LogP contribution in [0.2, 0.25) is 0 Å². The second kappa shape index (κ2) is 12.1. The molecule has 10 rings (SSSR count). The van der Waals surface area contributed by atoms with E-state index in [1.165, 1.54) is 66.0 Å². The van der Waals surface area contributed by atoms with Crippen molar-refractivity contribution in [3.05, 3.63) is 199 Å². The summed E-state index contributed by atoms with van der Waals surface area (Å²) in [5.74, 6) is 0. The summed E-state index contributed by atoms with van der Waals surface area (Å²) in [4.78, 5) is 0. The number of hydrogen-bond donors (Lipinski definition) is 2. The highest BCUT2D eigenvalue weighted by molar-refractivity contribution is 6.24. The normalized spacial score (nSPS) is 15.4. The summed E-state index contributed by atoms with van der Waals surface area (Å²) in [6.45, 7) is 0. The molecule has 0 aliphatic carbocycles. The molecule has 2 unspecified atom stereocenters. The first-order valence-corrected chi connectivity index (χ1v) is 17.7. The van der Waals surface area contributed by atoms with Gasteiger partial charge < -0.3 is 15.2 Å². The van der Waals surface area contributed by atoms with Crippen LogP contribution in [0.5, 0.6) is 0 Å². The standard InChI is InChI=1S/C48H35N3/c1-4-15-32(16-5-1)35-27-28-40-44(30-35)51(45-31-41(33-17-6-2-7-18-33)38-23-10-11-24-39(38)46(40)45)37-22-14-21-36(29-37)48-47(34-19-8-3-9-20-34)49-42-25-12-13-26-43(42)50-48/h1-31,47-50H. The number of benzene rings is 8. The Balaban J connectivity index is 1.24. The minimum absolute atomic E-state index is 0.0101. The summed E-state index contributed by atoms with van der Waals surface area (Å²) in [6.07, 6.45) is 0. The third kappa shape index (κ3) is 4.97. The quantitative estimate of drug-likeness (QED) is 0.194. The molecular formula is C48H35N3. The topological polar surface area (TPSA) is 29.0 Å². The molecule has 3 nitrogen and oxygen atoms in total. The van der Waals surface area contributed by atoms with E-state index in [1.807, 2.05) is 0 Å². The number of aromatic nitrogens is 1. The zero-order valence-corrected chi connectivity index (χ0v) is 28.0. The smallest absolute Gasteiger partial charge is 0.0758 e. The van der Waals surface area contributed by atoms with Crippen LogP contribution in [0.25, 0.3) is 60.5 Å². The molecule has 1 aromatic heterocycles. The van der Waals surface area contributed by atoms with Crippen LogP contribution in [-0.2, 0) is 0 Å². The maximum Gasteiger partial charge on any atom is 0.0758 e. The van der Waals surface area contributed by atoms with E-state index in [-0.39, 0.29) is 12.1 Å². The molecule has 51 heavy (non-hydrogen) atoms. The fraction of sp³-hybridized carbons (Fsp3) is 0.0417. The van der Waals surface area contributed by atoms with Gasteiger partial charge in [0.15, 0.2) is 0 Å². The Hall–Kier alpha value is -6.58. The highest BCUT2D eigenvalue weighted by Gasteiger charge is 2.30. The molecule has 8 aromatic carbocycles. The van der Waals surface area contributed by atoms with Gasteiger partial charge in [-0.25, -0.2) is 0 Å². The van der Waals surface area contributed by atoms with Crippen LogP contribution in [0.1, 0.15) is 23.2 Å².